The van der Waals surface area contributed by atoms with Gasteiger partial charge in [-0.1, -0.05) is 6.08 Å². The Hall–Kier alpha value is -0.870. The zero-order valence-electron chi connectivity index (χ0n) is 6.03. The minimum Gasteiger partial charge on any atom is -0.479 e. The van der Waals surface area contributed by atoms with Crippen LogP contribution in [0.3, 0.4) is 0 Å². The first kappa shape index (κ1) is 8.23. The van der Waals surface area contributed by atoms with Crippen LogP contribution in [-0.2, 0) is 4.79 Å². The van der Waals surface area contributed by atoms with Gasteiger partial charge in [0.2, 0.25) is 0 Å². The van der Waals surface area contributed by atoms with E-state index in [1.54, 1.807) is 0 Å². The number of carboxylic acid groups (broad SMARTS) is 1. The molecule has 0 aromatic rings. The van der Waals surface area contributed by atoms with Gasteiger partial charge in [0, 0.05) is 6.04 Å². The molecule has 4 heteroatoms. The molecule has 1 rings (SSSR count). The SMILES string of the molecule is N[C@@H]1C=C[C@@](O)(C(=O)O)CC1. The molecule has 0 fully saturated rings. The maximum absolute atomic E-state index is 10.4. The molecule has 0 spiro atoms. The van der Waals surface area contributed by atoms with Crippen molar-refractivity contribution in [2.45, 2.75) is 24.5 Å². The maximum atomic E-state index is 10.4. The van der Waals surface area contributed by atoms with Gasteiger partial charge in [-0.15, -0.1) is 0 Å². The Labute approximate surface area is 64.3 Å². The molecule has 0 aromatic heterocycles. The summed E-state index contributed by atoms with van der Waals surface area (Å²) in [5.74, 6) is -1.21. The largest absolute Gasteiger partial charge is 0.479 e. The van der Waals surface area contributed by atoms with Crippen molar-refractivity contribution in [1.82, 2.24) is 0 Å². The Balaban J connectivity index is 2.76. The van der Waals surface area contributed by atoms with E-state index in [4.69, 9.17) is 10.8 Å². The summed E-state index contributed by atoms with van der Waals surface area (Å²) in [6, 6.07) is -0.116. The molecule has 0 saturated heterocycles. The molecular formula is C7H11NO3. The highest BCUT2D eigenvalue weighted by molar-refractivity contribution is 5.79. The number of carboxylic acids is 1. The summed E-state index contributed by atoms with van der Waals surface area (Å²) in [7, 11) is 0. The van der Waals surface area contributed by atoms with Crippen molar-refractivity contribution in [2.75, 3.05) is 0 Å². The van der Waals surface area contributed by atoms with Crippen molar-refractivity contribution >= 4 is 5.97 Å². The minimum absolute atomic E-state index is 0.116. The average Bonchev–Trinajstić information content (AvgIpc) is 1.95. The van der Waals surface area contributed by atoms with Gasteiger partial charge in [-0.2, -0.15) is 0 Å². The van der Waals surface area contributed by atoms with E-state index in [1.165, 1.54) is 12.2 Å². The van der Waals surface area contributed by atoms with E-state index in [2.05, 4.69) is 0 Å². The molecule has 4 nitrogen and oxygen atoms in total. The Morgan fingerprint density at radius 1 is 1.73 bits per heavy atom. The predicted molar refractivity (Wildman–Crippen MR) is 38.9 cm³/mol. The molecule has 0 unspecified atom stereocenters. The van der Waals surface area contributed by atoms with Crippen molar-refractivity contribution in [3.8, 4) is 0 Å². The first-order valence-electron chi connectivity index (χ1n) is 3.45. The molecule has 0 aromatic carbocycles. The van der Waals surface area contributed by atoms with Gasteiger partial charge < -0.3 is 15.9 Å². The lowest BCUT2D eigenvalue weighted by molar-refractivity contribution is -0.154. The van der Waals surface area contributed by atoms with Gasteiger partial charge in [-0.3, -0.25) is 0 Å². The highest BCUT2D eigenvalue weighted by Crippen LogP contribution is 2.21. The van der Waals surface area contributed by atoms with Crippen molar-refractivity contribution in [3.63, 3.8) is 0 Å². The van der Waals surface area contributed by atoms with Gasteiger partial charge in [-0.25, -0.2) is 4.79 Å². The molecule has 2 atom stereocenters. The van der Waals surface area contributed by atoms with Crippen LogP contribution in [0.25, 0.3) is 0 Å². The molecule has 1 aliphatic rings. The molecule has 0 amide bonds. The van der Waals surface area contributed by atoms with Crippen LogP contribution in [0.1, 0.15) is 12.8 Å². The highest BCUT2D eigenvalue weighted by Gasteiger charge is 2.35. The first-order chi connectivity index (χ1) is 5.04. The Kier molecular flexibility index (Phi) is 1.97. The quantitative estimate of drug-likeness (QED) is 0.447. The molecule has 0 aliphatic heterocycles. The van der Waals surface area contributed by atoms with E-state index in [1.807, 2.05) is 0 Å². The summed E-state index contributed by atoms with van der Waals surface area (Å²) < 4.78 is 0. The Morgan fingerprint density at radius 2 is 2.36 bits per heavy atom. The zero-order chi connectivity index (χ0) is 8.48. The average molecular weight is 157 g/mol. The molecule has 1 aliphatic carbocycles. The van der Waals surface area contributed by atoms with Crippen LogP contribution < -0.4 is 5.73 Å². The van der Waals surface area contributed by atoms with E-state index in [9.17, 15) is 9.90 Å². The van der Waals surface area contributed by atoms with E-state index < -0.39 is 11.6 Å². The van der Waals surface area contributed by atoms with E-state index in [0.717, 1.165) is 0 Å². The van der Waals surface area contributed by atoms with E-state index >= 15 is 0 Å². The lowest BCUT2D eigenvalue weighted by atomic mass is 9.89. The Bertz CT molecular complexity index is 202. The van der Waals surface area contributed by atoms with Gasteiger partial charge >= 0.3 is 5.97 Å². The first-order valence-corrected chi connectivity index (χ1v) is 3.45. The van der Waals surface area contributed by atoms with E-state index in [-0.39, 0.29) is 12.5 Å². The molecule has 0 bridgehead atoms. The number of hydrogen-bond donors (Lipinski definition) is 3. The monoisotopic (exact) mass is 157 g/mol. The number of nitrogens with two attached hydrogens (primary N) is 1. The van der Waals surface area contributed by atoms with Crippen LogP contribution in [-0.4, -0.2) is 27.8 Å². The van der Waals surface area contributed by atoms with Crippen LogP contribution in [0.15, 0.2) is 12.2 Å². The number of aliphatic carboxylic acids is 1. The fraction of sp³-hybridized carbons (Fsp3) is 0.571. The maximum Gasteiger partial charge on any atom is 0.339 e. The van der Waals surface area contributed by atoms with E-state index in [0.29, 0.717) is 6.42 Å². The van der Waals surface area contributed by atoms with Gasteiger partial charge in [0.15, 0.2) is 5.60 Å². The zero-order valence-corrected chi connectivity index (χ0v) is 6.03. The molecule has 4 N–H and O–H groups in total. The fourth-order valence-corrected chi connectivity index (χ4v) is 1.03. The minimum atomic E-state index is -1.68. The second-order valence-corrected chi connectivity index (χ2v) is 2.79. The van der Waals surface area contributed by atoms with Gasteiger partial charge in [0.05, 0.1) is 0 Å². The van der Waals surface area contributed by atoms with Crippen LogP contribution in [0.4, 0.5) is 0 Å². The molecule has 0 saturated carbocycles. The number of aliphatic hydroxyl groups is 1. The molecule has 11 heavy (non-hydrogen) atoms. The van der Waals surface area contributed by atoms with Gasteiger partial charge in [0.1, 0.15) is 0 Å². The summed E-state index contributed by atoms with van der Waals surface area (Å²) in [6.07, 6.45) is 3.49. The molecule has 0 heterocycles. The third-order valence-corrected chi connectivity index (χ3v) is 1.85. The molecular weight excluding hydrogens is 146 g/mol. The normalized spacial score (nSPS) is 37.1. The topological polar surface area (TPSA) is 83.5 Å². The summed E-state index contributed by atoms with van der Waals surface area (Å²) in [5, 5.41) is 17.9. The van der Waals surface area contributed by atoms with Crippen molar-refractivity contribution in [2.24, 2.45) is 5.73 Å². The van der Waals surface area contributed by atoms with Gasteiger partial charge in [-0.05, 0) is 18.9 Å². The van der Waals surface area contributed by atoms with Crippen LogP contribution in [0.2, 0.25) is 0 Å². The Morgan fingerprint density at radius 3 is 2.73 bits per heavy atom. The predicted octanol–water partition coefficient (Wildman–Crippen LogP) is -0.521. The van der Waals surface area contributed by atoms with Crippen LogP contribution >= 0.6 is 0 Å². The highest BCUT2D eigenvalue weighted by atomic mass is 16.4. The smallest absolute Gasteiger partial charge is 0.339 e. The third-order valence-electron chi connectivity index (χ3n) is 1.85. The second-order valence-electron chi connectivity index (χ2n) is 2.79. The van der Waals surface area contributed by atoms with Crippen LogP contribution in [0, 0.1) is 0 Å². The molecule has 62 valence electrons. The second kappa shape index (κ2) is 2.64. The lowest BCUT2D eigenvalue weighted by Crippen LogP contribution is -2.41. The third kappa shape index (κ3) is 1.58. The van der Waals surface area contributed by atoms with Crippen LogP contribution in [0.5, 0.6) is 0 Å². The number of carbonyl (C=O) groups is 1. The van der Waals surface area contributed by atoms with Crippen molar-refractivity contribution in [3.05, 3.63) is 12.2 Å². The van der Waals surface area contributed by atoms with Crippen molar-refractivity contribution < 1.29 is 15.0 Å². The summed E-state index contributed by atoms with van der Waals surface area (Å²) in [4.78, 5) is 10.4. The van der Waals surface area contributed by atoms with Gasteiger partial charge in [0.25, 0.3) is 0 Å². The summed E-state index contributed by atoms with van der Waals surface area (Å²) in [6.45, 7) is 0. The standard InChI is InChI=1S/C7H11NO3/c8-5-1-3-7(11,4-2-5)6(9)10/h1,3,5,11H,2,4,8H2,(H,9,10)/t5-,7+/m1/s1. The summed E-state index contributed by atoms with van der Waals surface area (Å²) in [5.41, 5.74) is 3.78. The number of rotatable bonds is 1. The number of hydrogen-bond acceptors (Lipinski definition) is 3. The molecule has 0 radical (unpaired) electrons. The lowest BCUT2D eigenvalue weighted by Gasteiger charge is -2.24. The summed E-state index contributed by atoms with van der Waals surface area (Å²) >= 11 is 0. The van der Waals surface area contributed by atoms with Crippen molar-refractivity contribution in [1.29, 1.82) is 0 Å². The fourth-order valence-electron chi connectivity index (χ4n) is 1.03.